The second-order valence-corrected chi connectivity index (χ2v) is 10.9. The zero-order chi connectivity index (χ0) is 24.3. The second kappa shape index (κ2) is 6.95. The van der Waals surface area contributed by atoms with Gasteiger partial charge in [0.1, 0.15) is 0 Å². The fourth-order valence-electron chi connectivity index (χ4n) is 7.03. The van der Waals surface area contributed by atoms with Crippen molar-refractivity contribution in [1.29, 1.82) is 0 Å². The van der Waals surface area contributed by atoms with E-state index < -0.39 is 0 Å². The van der Waals surface area contributed by atoms with Gasteiger partial charge in [-0.25, -0.2) is 0 Å². The van der Waals surface area contributed by atoms with Crippen molar-refractivity contribution >= 4 is 21.5 Å². The number of aryl methyl sites for hydroxylation is 5. The van der Waals surface area contributed by atoms with E-state index in [0.717, 1.165) is 6.42 Å². The van der Waals surface area contributed by atoms with Crippen molar-refractivity contribution in [2.45, 2.75) is 89.5 Å². The Balaban J connectivity index is 2.14. The fourth-order valence-corrected chi connectivity index (χ4v) is 7.03. The molecule has 5 rings (SSSR count). The van der Waals surface area contributed by atoms with Gasteiger partial charge in [0.15, 0.2) is 0 Å². The first-order valence-electron chi connectivity index (χ1n) is 12.5. The van der Waals surface area contributed by atoms with Crippen LogP contribution in [0.5, 0.6) is 0 Å². The molecule has 170 valence electrons. The third kappa shape index (κ3) is 2.53. The monoisotopic (exact) mass is 434 g/mol. The molecule has 0 nitrogen and oxygen atoms in total. The van der Waals surface area contributed by atoms with Gasteiger partial charge < -0.3 is 0 Å². The Kier molecular flexibility index (Phi) is 4.68. The van der Waals surface area contributed by atoms with E-state index in [1.54, 1.807) is 11.1 Å². The molecule has 0 amide bonds. The normalized spacial score (nSPS) is 12.7. The Hall–Kier alpha value is -2.60. The van der Waals surface area contributed by atoms with Crippen molar-refractivity contribution in [3.63, 3.8) is 0 Å². The van der Waals surface area contributed by atoms with Crippen molar-refractivity contribution in [2.75, 3.05) is 0 Å². The van der Waals surface area contributed by atoms with Gasteiger partial charge in [-0.3, -0.25) is 0 Å². The van der Waals surface area contributed by atoms with Crippen LogP contribution < -0.4 is 0 Å². The lowest BCUT2D eigenvalue weighted by atomic mass is 9.79. The highest BCUT2D eigenvalue weighted by molar-refractivity contribution is 6.16. The maximum atomic E-state index is 2.39. The molecule has 4 aromatic rings. The number of benzene rings is 4. The molecule has 4 aromatic carbocycles. The maximum absolute atomic E-state index is 2.39. The zero-order valence-electron chi connectivity index (χ0n) is 22.7. The lowest BCUT2D eigenvalue weighted by Gasteiger charge is -2.25. The van der Waals surface area contributed by atoms with Crippen LogP contribution in [0.15, 0.2) is 0 Å². The summed E-state index contributed by atoms with van der Waals surface area (Å²) in [5.74, 6) is 0. The topological polar surface area (TPSA) is 0 Å². The number of hydrogen-bond acceptors (Lipinski definition) is 0. The summed E-state index contributed by atoms with van der Waals surface area (Å²) in [5, 5.41) is 5.96. The summed E-state index contributed by atoms with van der Waals surface area (Å²) in [7, 11) is 0. The van der Waals surface area contributed by atoms with E-state index in [-0.39, 0.29) is 0 Å². The molecule has 0 aromatic heterocycles. The molecule has 0 fully saturated rings. The minimum atomic E-state index is 1.07. The summed E-state index contributed by atoms with van der Waals surface area (Å²) in [6.45, 7) is 28.0. The maximum Gasteiger partial charge on any atom is -0.000766 e. The SMILES string of the molecule is Cc1c(C)c(C)c2c(c1C)Cc1c(C)c(C)c3c(C)c4c(C)c(C)c(C)c(C)c4c(C)c3c1-2. The quantitative estimate of drug-likeness (QED) is 0.213. The van der Waals surface area contributed by atoms with Gasteiger partial charge >= 0.3 is 0 Å². The van der Waals surface area contributed by atoms with Crippen molar-refractivity contribution in [1.82, 2.24) is 0 Å². The summed E-state index contributed by atoms with van der Waals surface area (Å²) in [6, 6.07) is 0. The van der Waals surface area contributed by atoms with E-state index in [0.29, 0.717) is 0 Å². The summed E-state index contributed by atoms with van der Waals surface area (Å²) in [5.41, 5.74) is 23.8. The van der Waals surface area contributed by atoms with Crippen LogP contribution in [0.4, 0.5) is 0 Å². The zero-order valence-corrected chi connectivity index (χ0v) is 22.7. The van der Waals surface area contributed by atoms with Gasteiger partial charge in [0.05, 0.1) is 0 Å². The van der Waals surface area contributed by atoms with Crippen LogP contribution in [0.2, 0.25) is 0 Å². The second-order valence-electron chi connectivity index (χ2n) is 10.9. The van der Waals surface area contributed by atoms with Crippen LogP contribution in [0.3, 0.4) is 0 Å². The lowest BCUT2D eigenvalue weighted by molar-refractivity contribution is 1.13. The van der Waals surface area contributed by atoms with Crippen LogP contribution in [0.25, 0.3) is 32.7 Å². The van der Waals surface area contributed by atoms with E-state index in [2.05, 4.69) is 83.1 Å². The van der Waals surface area contributed by atoms with Crippen molar-refractivity contribution in [2.24, 2.45) is 0 Å². The highest BCUT2D eigenvalue weighted by Crippen LogP contribution is 2.52. The molecule has 0 unspecified atom stereocenters. The summed E-state index contributed by atoms with van der Waals surface area (Å²) < 4.78 is 0. The molecular formula is C33H38. The number of fused-ring (bicyclic) bond motifs is 6. The lowest BCUT2D eigenvalue weighted by Crippen LogP contribution is -2.03. The van der Waals surface area contributed by atoms with Crippen molar-refractivity contribution in [3.8, 4) is 11.1 Å². The van der Waals surface area contributed by atoms with E-state index in [9.17, 15) is 0 Å². The Bertz CT molecular complexity index is 1570. The Morgan fingerprint density at radius 1 is 0.273 bits per heavy atom. The first-order chi connectivity index (χ1) is 15.4. The first kappa shape index (κ1) is 22.2. The van der Waals surface area contributed by atoms with Gasteiger partial charge in [-0.15, -0.1) is 0 Å². The average Bonchev–Trinajstić information content (AvgIpc) is 3.18. The van der Waals surface area contributed by atoms with Gasteiger partial charge in [0, 0.05) is 0 Å². The molecule has 1 aliphatic carbocycles. The number of hydrogen-bond donors (Lipinski definition) is 0. The van der Waals surface area contributed by atoms with Crippen LogP contribution in [0.1, 0.15) is 77.9 Å². The van der Waals surface area contributed by atoms with Gasteiger partial charge in [-0.05, 0) is 200 Å². The van der Waals surface area contributed by atoms with Gasteiger partial charge in [0.25, 0.3) is 0 Å². The Morgan fingerprint density at radius 3 is 1.15 bits per heavy atom. The molecule has 1 aliphatic rings. The highest BCUT2D eigenvalue weighted by atomic mass is 14.3. The predicted octanol–water partition coefficient (Wildman–Crippen LogP) is 9.27. The molecule has 0 heteroatoms. The third-order valence-corrected chi connectivity index (χ3v) is 9.80. The minimum Gasteiger partial charge on any atom is -0.0447 e. The van der Waals surface area contributed by atoms with E-state index >= 15 is 0 Å². The Morgan fingerprint density at radius 2 is 0.606 bits per heavy atom. The smallest absolute Gasteiger partial charge is 0.000766 e. The van der Waals surface area contributed by atoms with Gasteiger partial charge in [-0.2, -0.15) is 0 Å². The molecule has 0 N–H and O–H groups in total. The standard InChI is InChI=1S/C33H38/c1-14-15(2)22(9)31-26(18(14)5)13-27-19(6)23(10)30-24(11)28-20(7)16(3)17(4)21(8)29(28)25(12)32(30)33(27)31/h13H2,1-12H3. The predicted molar refractivity (Wildman–Crippen MR) is 147 cm³/mol. The van der Waals surface area contributed by atoms with Crippen LogP contribution >= 0.6 is 0 Å². The van der Waals surface area contributed by atoms with Gasteiger partial charge in [-0.1, -0.05) is 0 Å². The molecule has 0 spiro atoms. The minimum absolute atomic E-state index is 1.07. The van der Waals surface area contributed by atoms with Crippen LogP contribution in [-0.4, -0.2) is 0 Å². The van der Waals surface area contributed by atoms with E-state index in [1.807, 2.05) is 0 Å². The van der Waals surface area contributed by atoms with Crippen molar-refractivity contribution in [3.05, 3.63) is 77.9 Å². The summed E-state index contributed by atoms with van der Waals surface area (Å²) in [6.07, 6.45) is 1.07. The molecule has 0 bridgehead atoms. The molecule has 0 aliphatic heterocycles. The van der Waals surface area contributed by atoms with E-state index in [4.69, 9.17) is 0 Å². The van der Waals surface area contributed by atoms with E-state index in [1.165, 1.54) is 99.4 Å². The Labute approximate surface area is 200 Å². The summed E-state index contributed by atoms with van der Waals surface area (Å²) >= 11 is 0. The fraction of sp³-hybridized carbons (Fsp3) is 0.394. The molecule has 0 heterocycles. The third-order valence-electron chi connectivity index (χ3n) is 9.80. The number of rotatable bonds is 0. The molecule has 0 saturated carbocycles. The average molecular weight is 435 g/mol. The molecule has 33 heavy (non-hydrogen) atoms. The van der Waals surface area contributed by atoms with Crippen LogP contribution in [-0.2, 0) is 6.42 Å². The van der Waals surface area contributed by atoms with Gasteiger partial charge in [0.2, 0.25) is 0 Å². The highest BCUT2D eigenvalue weighted by Gasteiger charge is 2.31. The van der Waals surface area contributed by atoms with Crippen LogP contribution in [0, 0.1) is 83.1 Å². The molecule has 0 atom stereocenters. The van der Waals surface area contributed by atoms with Crippen molar-refractivity contribution < 1.29 is 0 Å². The summed E-state index contributed by atoms with van der Waals surface area (Å²) in [4.78, 5) is 0. The first-order valence-corrected chi connectivity index (χ1v) is 12.5. The molecule has 0 radical (unpaired) electrons. The molecule has 0 saturated heterocycles. The molecular weight excluding hydrogens is 396 g/mol. The largest absolute Gasteiger partial charge is 0.0447 e.